The number of methoxy groups -OCH3 is 2. The zero-order valence-electron chi connectivity index (χ0n) is 20.4. The van der Waals surface area contributed by atoms with E-state index in [4.69, 9.17) is 14.2 Å². The molecule has 2 aromatic heterocycles. The Labute approximate surface area is 210 Å². The molecule has 1 fully saturated rings. The molecule has 1 saturated heterocycles. The quantitative estimate of drug-likeness (QED) is 0.344. The Morgan fingerprint density at radius 2 is 1.59 bits per heavy atom. The lowest BCUT2D eigenvalue weighted by atomic mass is 9.93. The summed E-state index contributed by atoms with van der Waals surface area (Å²) in [4.78, 5) is 13.6. The third-order valence-electron chi connectivity index (χ3n) is 8.58. The van der Waals surface area contributed by atoms with E-state index in [9.17, 15) is 15.0 Å². The van der Waals surface area contributed by atoms with E-state index < -0.39 is 36.5 Å². The van der Waals surface area contributed by atoms with Crippen molar-refractivity contribution >= 4 is 49.5 Å². The van der Waals surface area contributed by atoms with Gasteiger partial charge in [-0.15, -0.1) is 0 Å². The van der Waals surface area contributed by atoms with Crippen LogP contribution in [0.15, 0.2) is 48.5 Å². The first kappa shape index (κ1) is 21.6. The minimum Gasteiger partial charge on any atom is -0.387 e. The van der Waals surface area contributed by atoms with Crippen LogP contribution in [0.1, 0.15) is 35.3 Å². The molecule has 1 amide bonds. The fraction of sp³-hybridized carbons (Fsp3) is 0.321. The Hall–Kier alpha value is -3.47. The van der Waals surface area contributed by atoms with E-state index in [0.717, 1.165) is 49.2 Å². The summed E-state index contributed by atoms with van der Waals surface area (Å²) in [6, 6.07) is 15.7. The Morgan fingerprint density at radius 3 is 2.30 bits per heavy atom. The molecule has 5 heterocycles. The van der Waals surface area contributed by atoms with Gasteiger partial charge in [-0.1, -0.05) is 36.4 Å². The Kier molecular flexibility index (Phi) is 4.02. The molecular formula is C28H25N3O6. The van der Waals surface area contributed by atoms with Gasteiger partial charge in [-0.3, -0.25) is 4.79 Å². The molecule has 0 radical (unpaired) electrons. The van der Waals surface area contributed by atoms with Crippen LogP contribution in [0.5, 0.6) is 0 Å². The predicted octanol–water partition coefficient (Wildman–Crippen LogP) is 3.24. The first-order valence-corrected chi connectivity index (χ1v) is 12.3. The van der Waals surface area contributed by atoms with Gasteiger partial charge in [0.1, 0.15) is 18.3 Å². The van der Waals surface area contributed by atoms with Crippen LogP contribution in [0, 0.1) is 0 Å². The van der Waals surface area contributed by atoms with E-state index in [1.54, 1.807) is 7.11 Å². The predicted molar refractivity (Wildman–Crippen MR) is 136 cm³/mol. The van der Waals surface area contributed by atoms with Gasteiger partial charge in [-0.05, 0) is 19.1 Å². The van der Waals surface area contributed by atoms with Gasteiger partial charge in [-0.2, -0.15) is 0 Å². The fourth-order valence-corrected chi connectivity index (χ4v) is 7.20. The van der Waals surface area contributed by atoms with Crippen molar-refractivity contribution in [3.63, 3.8) is 0 Å². The van der Waals surface area contributed by atoms with Gasteiger partial charge in [-0.25, -0.2) is 0 Å². The van der Waals surface area contributed by atoms with Crippen molar-refractivity contribution in [2.45, 2.75) is 43.4 Å². The largest absolute Gasteiger partial charge is 0.387 e. The maximum atomic E-state index is 13.6. The van der Waals surface area contributed by atoms with E-state index in [1.807, 2.05) is 60.0 Å². The number of aliphatic hydroxyl groups is 2. The summed E-state index contributed by atoms with van der Waals surface area (Å²) in [6.07, 6.45) is -4.90. The molecule has 2 bridgehead atoms. The number of nitrogens with one attached hydrogen (secondary N) is 1. The number of amides is 1. The highest BCUT2D eigenvalue weighted by molar-refractivity contribution is 6.31. The Morgan fingerprint density at radius 1 is 0.919 bits per heavy atom. The highest BCUT2D eigenvalue weighted by atomic mass is 16.6. The molecule has 37 heavy (non-hydrogen) atoms. The van der Waals surface area contributed by atoms with E-state index in [0.29, 0.717) is 5.56 Å². The highest BCUT2D eigenvalue weighted by Gasteiger charge is 2.57. The molecule has 3 aliphatic heterocycles. The second-order valence-corrected chi connectivity index (χ2v) is 10.3. The van der Waals surface area contributed by atoms with Crippen molar-refractivity contribution in [1.82, 2.24) is 14.5 Å². The lowest BCUT2D eigenvalue weighted by Crippen LogP contribution is -2.62. The van der Waals surface area contributed by atoms with E-state index in [1.165, 1.54) is 7.11 Å². The van der Waals surface area contributed by atoms with Crippen LogP contribution in [0.4, 0.5) is 0 Å². The number of nitrogens with zero attached hydrogens (tertiary/aromatic N) is 2. The number of aromatic nitrogens is 2. The van der Waals surface area contributed by atoms with Crippen LogP contribution in [-0.4, -0.2) is 57.8 Å². The zero-order chi connectivity index (χ0) is 25.4. The molecule has 188 valence electrons. The molecule has 3 aliphatic rings. The average Bonchev–Trinajstić information content (AvgIpc) is 3.51. The number of aliphatic hydroxyl groups excluding tert-OH is 2. The number of ether oxygens (including phenoxy) is 3. The topological polar surface area (TPSA) is 107 Å². The number of fused-ring (bicyclic) bond motifs is 13. The molecule has 3 N–H and O–H groups in total. The molecule has 8 rings (SSSR count). The molecule has 5 aromatic rings. The maximum Gasteiger partial charge on any atom is 0.254 e. The zero-order valence-corrected chi connectivity index (χ0v) is 20.4. The monoisotopic (exact) mass is 499 g/mol. The SMILES string of the molecule is CO[C@H]1NC(=O)c2c1c1c3ccccc3n3c1c1c2c2ccccc2n1[C@@H]1O[C@@]3(C)[C@H](OC)[C@@H](O)[C@H]1O. The van der Waals surface area contributed by atoms with E-state index in [-0.39, 0.29) is 5.91 Å². The normalized spacial score (nSPS) is 30.5. The standard InChI is InChI=1S/C28H25N3O6/c1-28-24(35-2)22(32)23(33)27(37-28)30-14-10-6-4-8-12(14)16-18-19(26(36-3)29-25(18)34)17-13-9-5-7-11-15(13)31(28)21(17)20(16)30/h4-11,22-24,26-27,32-33H,1-3H3,(H,29,34)/t22-,23+,24+,26+,27+,28-/m0/s1. The number of hydrogen-bond donors (Lipinski definition) is 3. The van der Waals surface area contributed by atoms with Crippen molar-refractivity contribution in [1.29, 1.82) is 0 Å². The molecule has 9 heteroatoms. The van der Waals surface area contributed by atoms with Gasteiger partial charge in [0.15, 0.2) is 18.2 Å². The van der Waals surface area contributed by atoms with Crippen LogP contribution in [-0.2, 0) is 19.9 Å². The van der Waals surface area contributed by atoms with E-state index in [2.05, 4.69) is 9.88 Å². The molecular weight excluding hydrogens is 474 g/mol. The van der Waals surface area contributed by atoms with Crippen LogP contribution < -0.4 is 5.32 Å². The van der Waals surface area contributed by atoms with Crippen molar-refractivity contribution in [3.05, 3.63) is 59.7 Å². The number of hydrogen-bond acceptors (Lipinski definition) is 6. The molecule has 0 spiro atoms. The van der Waals surface area contributed by atoms with Gasteiger partial charge < -0.3 is 38.9 Å². The van der Waals surface area contributed by atoms with Gasteiger partial charge in [0.05, 0.1) is 27.6 Å². The van der Waals surface area contributed by atoms with E-state index >= 15 is 0 Å². The minimum atomic E-state index is -1.27. The highest BCUT2D eigenvalue weighted by Crippen LogP contribution is 2.54. The summed E-state index contributed by atoms with van der Waals surface area (Å²) >= 11 is 0. The van der Waals surface area contributed by atoms with Crippen molar-refractivity contribution in [2.24, 2.45) is 0 Å². The third kappa shape index (κ3) is 2.27. The first-order chi connectivity index (χ1) is 17.9. The summed E-state index contributed by atoms with van der Waals surface area (Å²) < 4.78 is 22.4. The molecule has 0 aliphatic carbocycles. The molecule has 9 nitrogen and oxygen atoms in total. The summed E-state index contributed by atoms with van der Waals surface area (Å²) in [5.41, 5.74) is 3.45. The number of rotatable bonds is 2. The van der Waals surface area contributed by atoms with Crippen molar-refractivity contribution in [2.75, 3.05) is 14.2 Å². The molecule has 6 atom stereocenters. The number of carbonyl (C=O) groups is 1. The molecule has 0 unspecified atom stereocenters. The smallest absolute Gasteiger partial charge is 0.254 e. The second-order valence-electron chi connectivity index (χ2n) is 10.3. The van der Waals surface area contributed by atoms with Gasteiger partial charge in [0.25, 0.3) is 5.91 Å². The van der Waals surface area contributed by atoms with Crippen LogP contribution in [0.2, 0.25) is 0 Å². The van der Waals surface area contributed by atoms with Gasteiger partial charge in [0, 0.05) is 41.3 Å². The third-order valence-corrected chi connectivity index (χ3v) is 8.58. The minimum absolute atomic E-state index is 0.210. The van der Waals surface area contributed by atoms with Gasteiger partial charge in [0.2, 0.25) is 0 Å². The summed E-state index contributed by atoms with van der Waals surface area (Å²) in [6.45, 7) is 1.89. The van der Waals surface area contributed by atoms with Crippen molar-refractivity contribution < 1.29 is 29.2 Å². The fourth-order valence-electron chi connectivity index (χ4n) is 7.20. The lowest BCUT2D eigenvalue weighted by molar-refractivity contribution is -0.314. The summed E-state index contributed by atoms with van der Waals surface area (Å²) in [7, 11) is 3.10. The average molecular weight is 500 g/mol. The van der Waals surface area contributed by atoms with Crippen LogP contribution in [0.25, 0.3) is 43.6 Å². The molecule has 3 aromatic carbocycles. The number of carbonyl (C=O) groups excluding carboxylic acids is 1. The Balaban J connectivity index is 1.75. The summed E-state index contributed by atoms with van der Waals surface area (Å²) in [5.74, 6) is -0.210. The van der Waals surface area contributed by atoms with Gasteiger partial charge >= 0.3 is 0 Å². The summed E-state index contributed by atoms with van der Waals surface area (Å²) in [5, 5.41) is 29.2. The second kappa shape index (κ2) is 6.89. The lowest BCUT2D eigenvalue weighted by Gasteiger charge is -2.48. The van der Waals surface area contributed by atoms with Crippen molar-refractivity contribution in [3.8, 4) is 0 Å². The molecule has 0 saturated carbocycles. The van der Waals surface area contributed by atoms with Crippen LogP contribution in [0.3, 0.4) is 0 Å². The first-order valence-electron chi connectivity index (χ1n) is 12.3. The number of benzene rings is 3. The maximum absolute atomic E-state index is 13.6. The Bertz CT molecular complexity index is 1820. The van der Waals surface area contributed by atoms with Crippen LogP contribution >= 0.6 is 0 Å². The number of para-hydroxylation sites is 2.